The predicted molar refractivity (Wildman–Crippen MR) is 76.4 cm³/mol. The van der Waals surface area contributed by atoms with Crippen molar-refractivity contribution in [3.05, 3.63) is 23.7 Å². The molecular formula is C15H22O3S. The molecule has 2 saturated heterocycles. The van der Waals surface area contributed by atoms with Gasteiger partial charge in [0.25, 0.3) is 0 Å². The molecule has 2 unspecified atom stereocenters. The predicted octanol–water partition coefficient (Wildman–Crippen LogP) is 3.31. The minimum Gasteiger partial charge on any atom is -0.464 e. The number of aryl methyl sites for hydroxylation is 1. The van der Waals surface area contributed by atoms with Crippen LogP contribution in [-0.2, 0) is 4.74 Å². The van der Waals surface area contributed by atoms with Gasteiger partial charge in [0.2, 0.25) is 0 Å². The molecule has 1 N–H and O–H groups in total. The van der Waals surface area contributed by atoms with Gasteiger partial charge in [-0.25, -0.2) is 0 Å². The van der Waals surface area contributed by atoms with Crippen molar-refractivity contribution in [2.24, 2.45) is 5.92 Å². The Morgan fingerprint density at radius 1 is 1.37 bits per heavy atom. The molecule has 1 aromatic rings. The van der Waals surface area contributed by atoms with E-state index in [1.54, 1.807) is 0 Å². The molecule has 0 amide bonds. The first-order chi connectivity index (χ1) is 9.19. The van der Waals surface area contributed by atoms with Gasteiger partial charge in [-0.15, -0.1) is 0 Å². The van der Waals surface area contributed by atoms with Crippen LogP contribution in [0, 0.1) is 12.8 Å². The van der Waals surface area contributed by atoms with Gasteiger partial charge < -0.3 is 14.3 Å². The first-order valence-corrected chi connectivity index (χ1v) is 8.30. The van der Waals surface area contributed by atoms with E-state index in [2.05, 4.69) is 0 Å². The summed E-state index contributed by atoms with van der Waals surface area (Å²) in [7, 11) is 0. The highest BCUT2D eigenvalue weighted by atomic mass is 32.2. The molecule has 2 atom stereocenters. The molecule has 3 nitrogen and oxygen atoms in total. The highest BCUT2D eigenvalue weighted by Gasteiger charge is 2.41. The molecule has 2 fully saturated rings. The van der Waals surface area contributed by atoms with E-state index >= 15 is 0 Å². The number of rotatable bonds is 2. The highest BCUT2D eigenvalue weighted by Crippen LogP contribution is 2.43. The van der Waals surface area contributed by atoms with Crippen molar-refractivity contribution in [1.82, 2.24) is 0 Å². The first kappa shape index (κ1) is 13.5. The summed E-state index contributed by atoms with van der Waals surface area (Å²) in [5, 5.41) is 10.5. The summed E-state index contributed by atoms with van der Waals surface area (Å²) in [6.45, 7) is 2.69. The molecule has 1 aromatic heterocycles. The normalized spacial score (nSPS) is 28.4. The van der Waals surface area contributed by atoms with Gasteiger partial charge in [-0.1, -0.05) is 0 Å². The van der Waals surface area contributed by atoms with Crippen molar-refractivity contribution >= 4 is 11.8 Å². The number of hydrogen-bond donors (Lipinski definition) is 1. The van der Waals surface area contributed by atoms with Crippen LogP contribution in [0.4, 0.5) is 0 Å². The maximum atomic E-state index is 10.5. The van der Waals surface area contributed by atoms with E-state index in [1.165, 1.54) is 11.5 Å². The Morgan fingerprint density at radius 3 is 2.84 bits per heavy atom. The lowest BCUT2D eigenvalue weighted by Crippen LogP contribution is -2.44. The summed E-state index contributed by atoms with van der Waals surface area (Å²) in [6.07, 6.45) is 3.66. The molecule has 2 aliphatic rings. The van der Waals surface area contributed by atoms with Crippen molar-refractivity contribution < 1.29 is 14.3 Å². The van der Waals surface area contributed by atoms with Crippen molar-refractivity contribution in [3.63, 3.8) is 0 Å². The second-order valence-corrected chi connectivity index (χ2v) is 7.01. The number of aliphatic hydroxyl groups is 1. The van der Waals surface area contributed by atoms with E-state index in [9.17, 15) is 5.11 Å². The minimum atomic E-state index is -0.482. The fourth-order valence-electron chi connectivity index (χ4n) is 3.27. The molecule has 0 saturated carbocycles. The van der Waals surface area contributed by atoms with Crippen molar-refractivity contribution in [1.29, 1.82) is 0 Å². The van der Waals surface area contributed by atoms with Crippen LogP contribution in [0.5, 0.6) is 0 Å². The Bertz CT molecular complexity index is 417. The Kier molecular flexibility index (Phi) is 3.92. The van der Waals surface area contributed by atoms with Crippen LogP contribution in [0.25, 0.3) is 0 Å². The molecule has 1 spiro atoms. The van der Waals surface area contributed by atoms with Crippen LogP contribution in [-0.4, -0.2) is 28.8 Å². The van der Waals surface area contributed by atoms with Crippen LogP contribution in [0.3, 0.4) is 0 Å². The van der Waals surface area contributed by atoms with Gasteiger partial charge in [0.15, 0.2) is 0 Å². The zero-order valence-corrected chi connectivity index (χ0v) is 12.2. The number of thioether (sulfide) groups is 1. The molecule has 0 aliphatic carbocycles. The maximum absolute atomic E-state index is 10.5. The highest BCUT2D eigenvalue weighted by molar-refractivity contribution is 7.99. The second kappa shape index (κ2) is 5.51. The minimum absolute atomic E-state index is 0.0246. The molecule has 3 heterocycles. The summed E-state index contributed by atoms with van der Waals surface area (Å²) < 4.78 is 11.7. The Labute approximate surface area is 118 Å². The van der Waals surface area contributed by atoms with E-state index in [0.29, 0.717) is 5.76 Å². The molecule has 4 heteroatoms. The summed E-state index contributed by atoms with van der Waals surface area (Å²) >= 11 is 2.01. The zero-order chi connectivity index (χ0) is 13.3. The molecule has 106 valence electrons. The fraction of sp³-hybridized carbons (Fsp3) is 0.733. The van der Waals surface area contributed by atoms with Crippen LogP contribution in [0.15, 0.2) is 16.5 Å². The molecular weight excluding hydrogens is 260 g/mol. The second-order valence-electron chi connectivity index (χ2n) is 5.79. The zero-order valence-electron chi connectivity index (χ0n) is 11.4. The first-order valence-electron chi connectivity index (χ1n) is 7.15. The lowest BCUT2D eigenvalue weighted by Gasteiger charge is -2.44. The van der Waals surface area contributed by atoms with E-state index < -0.39 is 6.10 Å². The summed E-state index contributed by atoms with van der Waals surface area (Å²) in [6, 6.07) is 3.82. The van der Waals surface area contributed by atoms with Gasteiger partial charge in [0, 0.05) is 6.61 Å². The van der Waals surface area contributed by atoms with Gasteiger partial charge in [-0.05, 0) is 62.2 Å². The standard InChI is InChI=1S/C15H22O3S/c1-11-2-3-13(18-11)14(16)12-4-7-17-15(10-12)5-8-19-9-6-15/h2-3,12,14,16H,4-10H2,1H3. The topological polar surface area (TPSA) is 42.6 Å². The van der Waals surface area contributed by atoms with Gasteiger partial charge in [-0.3, -0.25) is 0 Å². The number of ether oxygens (including phenoxy) is 1. The molecule has 3 rings (SSSR count). The van der Waals surface area contributed by atoms with E-state index in [0.717, 1.165) is 38.1 Å². The van der Waals surface area contributed by atoms with E-state index in [4.69, 9.17) is 9.15 Å². The number of aliphatic hydroxyl groups excluding tert-OH is 1. The molecule has 0 bridgehead atoms. The van der Waals surface area contributed by atoms with Crippen LogP contribution >= 0.6 is 11.8 Å². The lowest BCUT2D eigenvalue weighted by atomic mass is 9.79. The number of furan rings is 1. The Balaban J connectivity index is 1.70. The van der Waals surface area contributed by atoms with E-state index in [-0.39, 0.29) is 11.5 Å². The summed E-state index contributed by atoms with van der Waals surface area (Å²) in [5.41, 5.74) is 0.0246. The van der Waals surface area contributed by atoms with Crippen molar-refractivity contribution in [3.8, 4) is 0 Å². The SMILES string of the molecule is Cc1ccc(C(O)C2CCOC3(CCSCC3)C2)o1. The largest absolute Gasteiger partial charge is 0.464 e. The quantitative estimate of drug-likeness (QED) is 0.903. The Morgan fingerprint density at radius 2 is 2.16 bits per heavy atom. The van der Waals surface area contributed by atoms with Crippen LogP contribution < -0.4 is 0 Å². The summed E-state index contributed by atoms with van der Waals surface area (Å²) in [5.74, 6) is 4.21. The van der Waals surface area contributed by atoms with Crippen LogP contribution in [0.2, 0.25) is 0 Å². The molecule has 0 aromatic carbocycles. The van der Waals surface area contributed by atoms with Gasteiger partial charge in [0.05, 0.1) is 5.60 Å². The Hall–Kier alpha value is -0.450. The van der Waals surface area contributed by atoms with Gasteiger partial charge >= 0.3 is 0 Å². The van der Waals surface area contributed by atoms with Gasteiger partial charge in [-0.2, -0.15) is 11.8 Å². The fourth-order valence-corrected chi connectivity index (χ4v) is 4.51. The summed E-state index contributed by atoms with van der Waals surface area (Å²) in [4.78, 5) is 0. The van der Waals surface area contributed by atoms with Crippen LogP contribution in [0.1, 0.15) is 43.3 Å². The molecule has 0 radical (unpaired) electrons. The molecule has 19 heavy (non-hydrogen) atoms. The third-order valence-corrected chi connectivity index (χ3v) is 5.42. The number of hydrogen-bond acceptors (Lipinski definition) is 4. The van der Waals surface area contributed by atoms with Gasteiger partial charge in [0.1, 0.15) is 17.6 Å². The van der Waals surface area contributed by atoms with E-state index in [1.807, 2.05) is 30.8 Å². The third-order valence-electron chi connectivity index (χ3n) is 4.43. The van der Waals surface area contributed by atoms with Crippen molar-refractivity contribution in [2.75, 3.05) is 18.1 Å². The maximum Gasteiger partial charge on any atom is 0.132 e. The monoisotopic (exact) mass is 282 g/mol. The average molecular weight is 282 g/mol. The lowest BCUT2D eigenvalue weighted by molar-refractivity contribution is -0.123. The smallest absolute Gasteiger partial charge is 0.132 e. The third kappa shape index (κ3) is 2.86. The molecule has 2 aliphatic heterocycles. The average Bonchev–Trinajstić information content (AvgIpc) is 2.85. The van der Waals surface area contributed by atoms with Crippen molar-refractivity contribution in [2.45, 2.75) is 44.3 Å².